The lowest BCUT2D eigenvalue weighted by atomic mass is 10.0. The van der Waals surface area contributed by atoms with Crippen LogP contribution in [0.4, 0.5) is 16.2 Å². The van der Waals surface area contributed by atoms with E-state index in [0.717, 1.165) is 6.07 Å². The molecule has 2 amide bonds. The summed E-state index contributed by atoms with van der Waals surface area (Å²) in [6.07, 6.45) is 0. The number of nitro groups is 1. The van der Waals surface area contributed by atoms with Crippen molar-refractivity contribution in [2.75, 3.05) is 25.1 Å². The lowest BCUT2D eigenvalue weighted by molar-refractivity contribution is -0.384. The smallest absolute Gasteiger partial charge is 0.338 e. The Balaban J connectivity index is 1.88. The van der Waals surface area contributed by atoms with Crippen molar-refractivity contribution in [2.45, 2.75) is 19.9 Å². The summed E-state index contributed by atoms with van der Waals surface area (Å²) < 4.78 is 10.4. The van der Waals surface area contributed by atoms with Gasteiger partial charge in [0.1, 0.15) is 12.3 Å². The lowest BCUT2D eigenvalue weighted by Crippen LogP contribution is -2.46. The molecule has 1 aliphatic rings. The van der Waals surface area contributed by atoms with Crippen LogP contribution < -0.4 is 16.0 Å². The SMILES string of the molecule is CCNc1ccc(C(=O)OCC2=C(C(=O)OCC)[C@@H](c3cccs3)NC(=O)N2)cc1[N+](=O)[O-]. The molecule has 1 aromatic carbocycles. The molecule has 33 heavy (non-hydrogen) atoms. The van der Waals surface area contributed by atoms with Crippen LogP contribution in [-0.4, -0.2) is 42.7 Å². The number of esters is 2. The molecule has 0 saturated heterocycles. The summed E-state index contributed by atoms with van der Waals surface area (Å²) in [7, 11) is 0. The van der Waals surface area contributed by atoms with E-state index in [-0.39, 0.29) is 34.8 Å². The molecule has 2 heterocycles. The van der Waals surface area contributed by atoms with Gasteiger partial charge in [-0.15, -0.1) is 11.3 Å². The van der Waals surface area contributed by atoms with Crippen molar-refractivity contribution in [3.05, 3.63) is 67.5 Å². The topological polar surface area (TPSA) is 149 Å². The summed E-state index contributed by atoms with van der Waals surface area (Å²) in [5.74, 6) is -1.52. The second-order valence-electron chi connectivity index (χ2n) is 6.76. The zero-order chi connectivity index (χ0) is 24.0. The molecule has 1 atom stereocenters. The third-order valence-corrected chi connectivity index (χ3v) is 5.56. The predicted molar refractivity (Wildman–Crippen MR) is 120 cm³/mol. The van der Waals surface area contributed by atoms with Gasteiger partial charge >= 0.3 is 18.0 Å². The molecule has 1 aliphatic heterocycles. The first-order valence-corrected chi connectivity index (χ1v) is 10.9. The number of hydrogen-bond donors (Lipinski definition) is 3. The fraction of sp³-hybridized carbons (Fsp3) is 0.286. The minimum absolute atomic E-state index is 0.0447. The van der Waals surface area contributed by atoms with Gasteiger partial charge < -0.3 is 25.4 Å². The Bertz CT molecular complexity index is 1100. The third-order valence-electron chi connectivity index (χ3n) is 4.62. The first-order chi connectivity index (χ1) is 15.8. The number of nitrogens with one attached hydrogen (secondary N) is 3. The van der Waals surface area contributed by atoms with Gasteiger partial charge in [0.25, 0.3) is 5.69 Å². The number of carbonyl (C=O) groups is 3. The Hall–Kier alpha value is -3.93. The molecule has 3 rings (SSSR count). The van der Waals surface area contributed by atoms with Crippen molar-refractivity contribution < 1.29 is 28.8 Å². The number of nitro benzene ring substituents is 1. The Morgan fingerprint density at radius 2 is 2.00 bits per heavy atom. The van der Waals surface area contributed by atoms with Crippen LogP contribution in [0.25, 0.3) is 0 Å². The second-order valence-corrected chi connectivity index (χ2v) is 7.73. The van der Waals surface area contributed by atoms with Crippen LogP contribution in [-0.2, 0) is 14.3 Å². The van der Waals surface area contributed by atoms with Gasteiger partial charge in [-0.2, -0.15) is 0 Å². The second kappa shape index (κ2) is 10.6. The third kappa shape index (κ3) is 5.47. The number of amides is 2. The summed E-state index contributed by atoms with van der Waals surface area (Å²) in [6.45, 7) is 3.58. The molecule has 3 N–H and O–H groups in total. The zero-order valence-corrected chi connectivity index (χ0v) is 18.7. The zero-order valence-electron chi connectivity index (χ0n) is 17.9. The summed E-state index contributed by atoms with van der Waals surface area (Å²) in [4.78, 5) is 48.9. The number of anilines is 1. The Kier molecular flexibility index (Phi) is 7.61. The van der Waals surface area contributed by atoms with Crippen LogP contribution in [0.1, 0.15) is 35.1 Å². The van der Waals surface area contributed by atoms with Gasteiger partial charge in [0.2, 0.25) is 0 Å². The van der Waals surface area contributed by atoms with E-state index in [0.29, 0.717) is 11.4 Å². The molecule has 0 spiro atoms. The summed E-state index contributed by atoms with van der Waals surface area (Å²) in [5.41, 5.74) is 0.140. The number of benzene rings is 1. The van der Waals surface area contributed by atoms with E-state index in [1.54, 1.807) is 31.4 Å². The van der Waals surface area contributed by atoms with Gasteiger partial charge in [0.15, 0.2) is 0 Å². The monoisotopic (exact) mass is 474 g/mol. The highest BCUT2D eigenvalue weighted by atomic mass is 32.1. The van der Waals surface area contributed by atoms with Crippen molar-refractivity contribution in [1.82, 2.24) is 10.6 Å². The van der Waals surface area contributed by atoms with Gasteiger partial charge in [-0.25, -0.2) is 14.4 Å². The van der Waals surface area contributed by atoms with Crippen LogP contribution in [0.2, 0.25) is 0 Å². The fourth-order valence-corrected chi connectivity index (χ4v) is 4.01. The van der Waals surface area contributed by atoms with Crippen LogP contribution in [0, 0.1) is 10.1 Å². The fourth-order valence-electron chi connectivity index (χ4n) is 3.22. The highest BCUT2D eigenvalue weighted by Gasteiger charge is 2.34. The Morgan fingerprint density at radius 1 is 1.21 bits per heavy atom. The number of nitrogens with zero attached hydrogens (tertiary/aromatic N) is 1. The maximum atomic E-state index is 12.7. The molecule has 0 radical (unpaired) electrons. The van der Waals surface area contributed by atoms with Gasteiger partial charge in [-0.05, 0) is 37.4 Å². The first kappa shape index (κ1) is 23.7. The molecule has 12 heteroatoms. The van der Waals surface area contributed by atoms with Crippen LogP contribution in [0.3, 0.4) is 0 Å². The van der Waals surface area contributed by atoms with E-state index in [1.165, 1.54) is 23.5 Å². The van der Waals surface area contributed by atoms with Gasteiger partial charge in [-0.1, -0.05) is 6.07 Å². The summed E-state index contributed by atoms with van der Waals surface area (Å²) in [6, 6.07) is 6.11. The van der Waals surface area contributed by atoms with E-state index in [4.69, 9.17) is 9.47 Å². The Labute approximate surface area is 192 Å². The van der Waals surface area contributed by atoms with E-state index in [2.05, 4.69) is 16.0 Å². The molecule has 2 aromatic rings. The molecule has 0 bridgehead atoms. The average molecular weight is 474 g/mol. The van der Waals surface area contributed by atoms with Gasteiger partial charge in [-0.3, -0.25) is 10.1 Å². The first-order valence-electron chi connectivity index (χ1n) is 10.1. The van der Waals surface area contributed by atoms with Crippen LogP contribution >= 0.6 is 11.3 Å². The number of rotatable bonds is 9. The predicted octanol–water partition coefficient (Wildman–Crippen LogP) is 3.12. The maximum Gasteiger partial charge on any atom is 0.338 e. The highest BCUT2D eigenvalue weighted by molar-refractivity contribution is 7.10. The highest BCUT2D eigenvalue weighted by Crippen LogP contribution is 2.31. The molecule has 174 valence electrons. The molecule has 0 saturated carbocycles. The standard InChI is InChI=1S/C21H22N4O7S/c1-3-22-13-8-7-12(10-15(13)25(29)30)19(26)32-11-14-17(20(27)31-4-2)18(24-21(28)23-14)16-6-5-9-33-16/h5-10,18,22H,3-4,11H2,1-2H3,(H2,23,24,28)/t18-/m1/s1. The average Bonchev–Trinajstić information content (AvgIpc) is 3.32. The number of urea groups is 1. The van der Waals surface area contributed by atoms with E-state index < -0.39 is 35.5 Å². The number of ether oxygens (including phenoxy) is 2. The molecule has 11 nitrogen and oxygen atoms in total. The van der Waals surface area contributed by atoms with Crippen LogP contribution in [0.15, 0.2) is 47.0 Å². The van der Waals surface area contributed by atoms with Crippen molar-refractivity contribution in [3.63, 3.8) is 0 Å². The van der Waals surface area contributed by atoms with Gasteiger partial charge in [0, 0.05) is 17.5 Å². The molecular weight excluding hydrogens is 452 g/mol. The maximum absolute atomic E-state index is 12.7. The minimum atomic E-state index is -0.850. The largest absolute Gasteiger partial charge is 0.463 e. The van der Waals surface area contributed by atoms with Crippen molar-refractivity contribution in [3.8, 4) is 0 Å². The van der Waals surface area contributed by atoms with E-state index in [9.17, 15) is 24.5 Å². The summed E-state index contributed by atoms with van der Waals surface area (Å²) >= 11 is 1.34. The number of thiophene rings is 1. The van der Waals surface area contributed by atoms with Crippen LogP contribution in [0.5, 0.6) is 0 Å². The molecule has 0 unspecified atom stereocenters. The lowest BCUT2D eigenvalue weighted by Gasteiger charge is -2.28. The quantitative estimate of drug-likeness (QED) is 0.285. The van der Waals surface area contributed by atoms with Crippen molar-refractivity contribution >= 4 is 40.7 Å². The normalized spacial score (nSPS) is 15.3. The van der Waals surface area contributed by atoms with Gasteiger partial charge in [0.05, 0.1) is 34.4 Å². The molecule has 0 fully saturated rings. The summed E-state index contributed by atoms with van der Waals surface area (Å²) in [5, 5.41) is 21.2. The molecular formula is C21H22N4O7S. The minimum Gasteiger partial charge on any atom is -0.463 e. The van der Waals surface area contributed by atoms with Crippen molar-refractivity contribution in [2.24, 2.45) is 0 Å². The van der Waals surface area contributed by atoms with E-state index >= 15 is 0 Å². The Morgan fingerprint density at radius 3 is 2.64 bits per heavy atom. The molecule has 1 aromatic heterocycles. The van der Waals surface area contributed by atoms with E-state index in [1.807, 2.05) is 0 Å². The number of carbonyl (C=O) groups excluding carboxylic acids is 3. The van der Waals surface area contributed by atoms with Crippen molar-refractivity contribution in [1.29, 1.82) is 0 Å². The molecule has 0 aliphatic carbocycles. The number of hydrogen-bond acceptors (Lipinski definition) is 9.